The second kappa shape index (κ2) is 13.3. The largest absolute Gasteiger partial charge is 0.370 e. The Kier molecular flexibility index (Phi) is 11.5. The number of carbonyl (C=O) groups is 1. The summed E-state index contributed by atoms with van der Waals surface area (Å²) < 4.78 is 0. The number of hydrogen-bond acceptors (Lipinski definition) is 3. The standard InChI is InChI=1S/C25H40N2O/c1-7-10-14-27(17-16-26(9-3)15-13-21(4)5)25-19-23(20-28)11-12-24(25)18-22(6)8-2/h7,11-13,19-20,22H,1,8-10,14-18H2,2-6H3. The van der Waals surface area contributed by atoms with Crippen LogP contribution in [0.2, 0.25) is 0 Å². The maximum Gasteiger partial charge on any atom is 0.150 e. The molecule has 1 unspecified atom stereocenters. The number of allylic oxidation sites excluding steroid dienone is 1. The van der Waals surface area contributed by atoms with Crippen molar-refractivity contribution in [1.82, 2.24) is 4.90 Å². The van der Waals surface area contributed by atoms with Gasteiger partial charge in [-0.25, -0.2) is 0 Å². The fourth-order valence-electron chi connectivity index (χ4n) is 3.19. The lowest BCUT2D eigenvalue weighted by Crippen LogP contribution is -2.36. The van der Waals surface area contributed by atoms with Crippen LogP contribution in [-0.4, -0.2) is 43.9 Å². The molecule has 0 aliphatic heterocycles. The van der Waals surface area contributed by atoms with Crippen molar-refractivity contribution in [2.45, 2.75) is 53.9 Å². The molecular formula is C25H40N2O. The van der Waals surface area contributed by atoms with Crippen LogP contribution in [-0.2, 0) is 6.42 Å². The van der Waals surface area contributed by atoms with E-state index in [-0.39, 0.29) is 0 Å². The first kappa shape index (κ1) is 24.2. The van der Waals surface area contributed by atoms with Gasteiger partial charge in [0.25, 0.3) is 0 Å². The molecule has 3 heteroatoms. The van der Waals surface area contributed by atoms with Gasteiger partial charge in [0.15, 0.2) is 0 Å². The predicted octanol–water partition coefficient (Wildman–Crippen LogP) is 5.76. The highest BCUT2D eigenvalue weighted by atomic mass is 16.1. The Morgan fingerprint density at radius 2 is 1.93 bits per heavy atom. The van der Waals surface area contributed by atoms with Crippen molar-refractivity contribution in [3.8, 4) is 0 Å². The van der Waals surface area contributed by atoms with Gasteiger partial charge in [0, 0.05) is 37.4 Å². The second-order valence-corrected chi connectivity index (χ2v) is 7.96. The first-order valence-electron chi connectivity index (χ1n) is 10.7. The molecule has 0 saturated carbocycles. The molecule has 1 atom stereocenters. The Labute approximate surface area is 173 Å². The van der Waals surface area contributed by atoms with Crippen molar-refractivity contribution in [3.05, 3.63) is 53.6 Å². The van der Waals surface area contributed by atoms with Gasteiger partial charge in [0.05, 0.1) is 0 Å². The van der Waals surface area contributed by atoms with E-state index in [0.29, 0.717) is 5.92 Å². The molecule has 0 amide bonds. The molecule has 0 heterocycles. The summed E-state index contributed by atoms with van der Waals surface area (Å²) in [4.78, 5) is 16.3. The topological polar surface area (TPSA) is 23.6 Å². The molecule has 3 nitrogen and oxygen atoms in total. The molecule has 0 aliphatic rings. The fourth-order valence-corrected chi connectivity index (χ4v) is 3.19. The van der Waals surface area contributed by atoms with Crippen molar-refractivity contribution in [2.75, 3.05) is 37.6 Å². The number of likely N-dealkylation sites (N-methyl/N-ethyl adjacent to an activating group) is 1. The van der Waals surface area contributed by atoms with Gasteiger partial charge in [-0.05, 0) is 50.8 Å². The zero-order valence-corrected chi connectivity index (χ0v) is 18.7. The van der Waals surface area contributed by atoms with Crippen LogP contribution in [0.15, 0.2) is 42.5 Å². The van der Waals surface area contributed by atoms with Gasteiger partial charge in [-0.2, -0.15) is 0 Å². The lowest BCUT2D eigenvalue weighted by molar-refractivity contribution is 0.112. The van der Waals surface area contributed by atoms with Crippen LogP contribution in [0.1, 0.15) is 63.4 Å². The van der Waals surface area contributed by atoms with Gasteiger partial charge < -0.3 is 4.90 Å². The third-order valence-corrected chi connectivity index (χ3v) is 5.35. The molecule has 0 bridgehead atoms. The summed E-state index contributed by atoms with van der Waals surface area (Å²) in [5, 5.41) is 0. The first-order valence-corrected chi connectivity index (χ1v) is 10.7. The van der Waals surface area contributed by atoms with Gasteiger partial charge in [-0.3, -0.25) is 9.69 Å². The molecule has 1 rings (SSSR count). The molecule has 0 aromatic heterocycles. The van der Waals surface area contributed by atoms with E-state index in [4.69, 9.17) is 0 Å². The summed E-state index contributed by atoms with van der Waals surface area (Å²) in [5.41, 5.74) is 4.67. The highest BCUT2D eigenvalue weighted by Gasteiger charge is 2.15. The SMILES string of the molecule is C=CCCN(CCN(CC)CC=C(C)C)c1cc(C=O)ccc1CC(C)CC. The second-order valence-electron chi connectivity index (χ2n) is 7.96. The number of anilines is 1. The normalized spacial score (nSPS) is 11.9. The van der Waals surface area contributed by atoms with Crippen molar-refractivity contribution in [2.24, 2.45) is 5.92 Å². The van der Waals surface area contributed by atoms with Crippen LogP contribution in [0, 0.1) is 5.92 Å². The summed E-state index contributed by atoms with van der Waals surface area (Å²) in [7, 11) is 0. The van der Waals surface area contributed by atoms with Gasteiger partial charge in [-0.1, -0.05) is 57.0 Å². The third kappa shape index (κ3) is 8.43. The number of aldehydes is 1. The monoisotopic (exact) mass is 384 g/mol. The van der Waals surface area contributed by atoms with Crippen LogP contribution in [0.4, 0.5) is 5.69 Å². The molecule has 1 aromatic rings. The number of hydrogen-bond donors (Lipinski definition) is 0. The summed E-state index contributed by atoms with van der Waals surface area (Å²) in [6, 6.07) is 6.17. The zero-order chi connectivity index (χ0) is 20.9. The fraction of sp³-hybridized carbons (Fsp3) is 0.560. The molecule has 0 N–H and O–H groups in total. The van der Waals surface area contributed by atoms with E-state index in [1.165, 1.54) is 16.8 Å². The minimum absolute atomic E-state index is 0.631. The number of benzene rings is 1. The maximum absolute atomic E-state index is 11.4. The number of carbonyl (C=O) groups excluding carboxylic acids is 1. The molecule has 0 fully saturated rings. The minimum Gasteiger partial charge on any atom is -0.370 e. The molecular weight excluding hydrogens is 344 g/mol. The smallest absolute Gasteiger partial charge is 0.150 e. The Morgan fingerprint density at radius 1 is 1.18 bits per heavy atom. The van der Waals surface area contributed by atoms with Gasteiger partial charge in [-0.15, -0.1) is 6.58 Å². The van der Waals surface area contributed by atoms with E-state index in [9.17, 15) is 4.79 Å². The number of rotatable bonds is 14. The average molecular weight is 385 g/mol. The molecule has 0 saturated heterocycles. The van der Waals surface area contributed by atoms with Crippen molar-refractivity contribution in [3.63, 3.8) is 0 Å². The Morgan fingerprint density at radius 3 is 2.50 bits per heavy atom. The quantitative estimate of drug-likeness (QED) is 0.301. The van der Waals surface area contributed by atoms with E-state index >= 15 is 0 Å². The van der Waals surface area contributed by atoms with E-state index in [2.05, 4.69) is 69.2 Å². The molecule has 1 aromatic carbocycles. The number of nitrogens with zero attached hydrogens (tertiary/aromatic N) is 2. The third-order valence-electron chi connectivity index (χ3n) is 5.35. The summed E-state index contributed by atoms with van der Waals surface area (Å²) in [6.45, 7) is 19.9. The van der Waals surface area contributed by atoms with Gasteiger partial charge in [0.1, 0.15) is 6.29 Å². The van der Waals surface area contributed by atoms with Crippen molar-refractivity contribution < 1.29 is 4.79 Å². The van der Waals surface area contributed by atoms with E-state index in [1.54, 1.807) is 0 Å². The van der Waals surface area contributed by atoms with Crippen LogP contribution in [0.5, 0.6) is 0 Å². The predicted molar refractivity (Wildman–Crippen MR) is 124 cm³/mol. The first-order chi connectivity index (χ1) is 13.4. The van der Waals surface area contributed by atoms with Crippen LogP contribution < -0.4 is 4.90 Å². The zero-order valence-electron chi connectivity index (χ0n) is 18.7. The lowest BCUT2D eigenvalue weighted by Gasteiger charge is -2.30. The van der Waals surface area contributed by atoms with E-state index < -0.39 is 0 Å². The molecule has 28 heavy (non-hydrogen) atoms. The molecule has 0 radical (unpaired) electrons. The average Bonchev–Trinajstić information content (AvgIpc) is 2.70. The summed E-state index contributed by atoms with van der Waals surface area (Å²) >= 11 is 0. The lowest BCUT2D eigenvalue weighted by atomic mass is 9.96. The van der Waals surface area contributed by atoms with Crippen molar-refractivity contribution >= 4 is 12.0 Å². The van der Waals surface area contributed by atoms with Crippen LogP contribution in [0.3, 0.4) is 0 Å². The Hall–Kier alpha value is -1.87. The summed E-state index contributed by atoms with van der Waals surface area (Å²) in [6.07, 6.45) is 8.37. The van der Waals surface area contributed by atoms with E-state index in [0.717, 1.165) is 63.8 Å². The van der Waals surface area contributed by atoms with Gasteiger partial charge >= 0.3 is 0 Å². The van der Waals surface area contributed by atoms with E-state index in [1.807, 2.05) is 12.1 Å². The summed E-state index contributed by atoms with van der Waals surface area (Å²) in [5.74, 6) is 0.631. The Balaban J connectivity index is 3.07. The maximum atomic E-state index is 11.4. The highest BCUT2D eigenvalue weighted by Crippen LogP contribution is 2.26. The van der Waals surface area contributed by atoms with Crippen molar-refractivity contribution in [1.29, 1.82) is 0 Å². The molecule has 0 spiro atoms. The molecule has 0 aliphatic carbocycles. The van der Waals surface area contributed by atoms with Crippen LogP contribution >= 0.6 is 0 Å². The highest BCUT2D eigenvalue weighted by molar-refractivity contribution is 5.78. The van der Waals surface area contributed by atoms with Crippen LogP contribution in [0.25, 0.3) is 0 Å². The Bertz CT molecular complexity index is 631. The van der Waals surface area contributed by atoms with Gasteiger partial charge in [0.2, 0.25) is 0 Å². The minimum atomic E-state index is 0.631. The molecule has 156 valence electrons.